The minimum atomic E-state index is 0.464. The number of rotatable bonds is 5. The second kappa shape index (κ2) is 8.09. The van der Waals surface area contributed by atoms with Crippen LogP contribution in [0.1, 0.15) is 112 Å². The summed E-state index contributed by atoms with van der Waals surface area (Å²) >= 11 is 6.60. The Morgan fingerprint density at radius 2 is 1.54 bits per heavy atom. The van der Waals surface area contributed by atoms with Crippen molar-refractivity contribution < 1.29 is 0 Å². The molecule has 0 aromatic rings. The van der Waals surface area contributed by atoms with Gasteiger partial charge in [-0.3, -0.25) is 0 Å². The van der Waals surface area contributed by atoms with Gasteiger partial charge in [0.2, 0.25) is 0 Å². The summed E-state index contributed by atoms with van der Waals surface area (Å²) in [6.45, 7) is 12.8. The molecule has 4 fully saturated rings. The first-order chi connectivity index (χ1) is 13.3. The van der Waals surface area contributed by atoms with Gasteiger partial charge in [0.1, 0.15) is 0 Å². The number of hydrogen-bond acceptors (Lipinski definition) is 0. The SMILES string of the molecule is CC(C)CCC[C@@H](C)C1CCC2C3CC[C@H]4CC(Cl)CCC4(C)C3CCC21C. The lowest BCUT2D eigenvalue weighted by atomic mass is 9.44. The standard InChI is InChI=1S/C27H47Cl/c1-18(2)7-6-8-19(3)23-11-12-24-22-10-9-20-17-21(28)13-15-26(20,4)25(22)14-16-27(23,24)5/h18-25H,6-17H2,1-5H3/t19-,20+,21?,22?,23?,24?,25?,26?,27?/m1/s1. The van der Waals surface area contributed by atoms with Crippen LogP contribution in [0, 0.1) is 52.3 Å². The molecule has 1 heteroatoms. The lowest BCUT2D eigenvalue weighted by molar-refractivity contribution is -0.113. The smallest absolute Gasteiger partial charge is 0.0339 e. The molecular weight excluding hydrogens is 360 g/mol. The van der Waals surface area contributed by atoms with Gasteiger partial charge in [-0.15, -0.1) is 11.6 Å². The maximum absolute atomic E-state index is 6.60. The van der Waals surface area contributed by atoms with E-state index in [0.29, 0.717) is 16.2 Å². The van der Waals surface area contributed by atoms with Crippen LogP contribution in [0.2, 0.25) is 0 Å². The first kappa shape index (κ1) is 21.5. The van der Waals surface area contributed by atoms with E-state index in [0.717, 1.165) is 41.4 Å². The van der Waals surface area contributed by atoms with Crippen LogP contribution in [0.5, 0.6) is 0 Å². The summed E-state index contributed by atoms with van der Waals surface area (Å²) in [5.41, 5.74) is 1.25. The van der Waals surface area contributed by atoms with E-state index < -0.39 is 0 Å². The van der Waals surface area contributed by atoms with Crippen LogP contribution in [0.15, 0.2) is 0 Å². The molecule has 0 heterocycles. The van der Waals surface area contributed by atoms with Crippen LogP contribution >= 0.6 is 11.6 Å². The molecule has 0 N–H and O–H groups in total. The van der Waals surface area contributed by atoms with E-state index in [-0.39, 0.29) is 0 Å². The van der Waals surface area contributed by atoms with E-state index >= 15 is 0 Å². The van der Waals surface area contributed by atoms with Gasteiger partial charge in [0.05, 0.1) is 0 Å². The summed E-state index contributed by atoms with van der Waals surface area (Å²) in [6, 6.07) is 0. The fourth-order valence-corrected chi connectivity index (χ4v) is 9.55. The monoisotopic (exact) mass is 406 g/mol. The van der Waals surface area contributed by atoms with Gasteiger partial charge in [0.15, 0.2) is 0 Å². The van der Waals surface area contributed by atoms with E-state index in [1.165, 1.54) is 77.0 Å². The average Bonchev–Trinajstić information content (AvgIpc) is 2.99. The highest BCUT2D eigenvalue weighted by Gasteiger charge is 2.60. The Hall–Kier alpha value is 0.290. The van der Waals surface area contributed by atoms with Crippen molar-refractivity contribution in [1.82, 2.24) is 0 Å². The van der Waals surface area contributed by atoms with E-state index in [9.17, 15) is 0 Å². The van der Waals surface area contributed by atoms with E-state index in [4.69, 9.17) is 11.6 Å². The van der Waals surface area contributed by atoms with Crippen molar-refractivity contribution in [1.29, 1.82) is 0 Å². The van der Waals surface area contributed by atoms with Crippen LogP contribution in [0.4, 0.5) is 0 Å². The van der Waals surface area contributed by atoms with Gasteiger partial charge in [-0.25, -0.2) is 0 Å². The van der Waals surface area contributed by atoms with Gasteiger partial charge in [0.25, 0.3) is 0 Å². The molecule has 4 aliphatic carbocycles. The van der Waals surface area contributed by atoms with Crippen LogP contribution < -0.4 is 0 Å². The molecule has 7 unspecified atom stereocenters. The van der Waals surface area contributed by atoms with Crippen molar-refractivity contribution in [2.24, 2.45) is 52.3 Å². The molecule has 0 amide bonds. The number of halogens is 1. The summed E-state index contributed by atoms with van der Waals surface area (Å²) < 4.78 is 0. The molecule has 0 aliphatic heterocycles. The minimum absolute atomic E-state index is 0.464. The van der Waals surface area contributed by atoms with Crippen molar-refractivity contribution in [3.63, 3.8) is 0 Å². The Kier molecular flexibility index (Phi) is 6.22. The zero-order valence-corrected chi connectivity index (χ0v) is 20.2. The fourth-order valence-electron chi connectivity index (χ4n) is 9.23. The second-order valence-electron chi connectivity index (χ2n) is 12.6. The highest BCUT2D eigenvalue weighted by atomic mass is 35.5. The Morgan fingerprint density at radius 3 is 2.29 bits per heavy atom. The summed E-state index contributed by atoms with van der Waals surface area (Å²) in [4.78, 5) is 0. The molecule has 0 nitrogen and oxygen atoms in total. The Bertz CT molecular complexity index is 540. The maximum Gasteiger partial charge on any atom is 0.0339 e. The lowest BCUT2D eigenvalue weighted by Crippen LogP contribution is -2.53. The van der Waals surface area contributed by atoms with Crippen molar-refractivity contribution >= 4 is 11.6 Å². The van der Waals surface area contributed by atoms with Gasteiger partial charge < -0.3 is 0 Å². The highest BCUT2D eigenvalue weighted by Crippen LogP contribution is 2.68. The summed E-state index contributed by atoms with van der Waals surface area (Å²) in [6.07, 6.45) is 17.4. The summed E-state index contributed by atoms with van der Waals surface area (Å²) in [7, 11) is 0. The number of alkyl halides is 1. The Labute approximate surface area is 181 Å². The Morgan fingerprint density at radius 1 is 0.821 bits per heavy atom. The van der Waals surface area contributed by atoms with Crippen molar-refractivity contribution in [3.05, 3.63) is 0 Å². The molecule has 0 spiro atoms. The van der Waals surface area contributed by atoms with Gasteiger partial charge in [0, 0.05) is 5.38 Å². The first-order valence-electron chi connectivity index (χ1n) is 12.9. The van der Waals surface area contributed by atoms with Gasteiger partial charge in [-0.1, -0.05) is 53.9 Å². The average molecular weight is 407 g/mol. The first-order valence-corrected chi connectivity index (χ1v) is 13.3. The molecule has 162 valence electrons. The normalized spacial score (nSPS) is 49.4. The molecule has 0 bridgehead atoms. The highest BCUT2D eigenvalue weighted by molar-refractivity contribution is 6.20. The Balaban J connectivity index is 1.46. The maximum atomic E-state index is 6.60. The predicted octanol–water partition coefficient (Wildman–Crippen LogP) is 8.72. The molecule has 0 radical (unpaired) electrons. The summed E-state index contributed by atoms with van der Waals surface area (Å²) in [5, 5.41) is 0.464. The predicted molar refractivity (Wildman–Crippen MR) is 123 cm³/mol. The third kappa shape index (κ3) is 3.61. The van der Waals surface area contributed by atoms with E-state index in [1.54, 1.807) is 0 Å². The molecule has 28 heavy (non-hydrogen) atoms. The van der Waals surface area contributed by atoms with E-state index in [1.807, 2.05) is 0 Å². The molecule has 4 saturated carbocycles. The van der Waals surface area contributed by atoms with Crippen LogP contribution in [0.3, 0.4) is 0 Å². The third-order valence-electron chi connectivity index (χ3n) is 10.8. The lowest BCUT2D eigenvalue weighted by Gasteiger charge is -2.61. The quantitative estimate of drug-likeness (QED) is 0.400. The van der Waals surface area contributed by atoms with Gasteiger partial charge in [-0.2, -0.15) is 0 Å². The van der Waals surface area contributed by atoms with Gasteiger partial charge in [-0.05, 0) is 110 Å². The number of hydrogen-bond donors (Lipinski definition) is 0. The zero-order valence-electron chi connectivity index (χ0n) is 19.5. The fraction of sp³-hybridized carbons (Fsp3) is 1.00. The molecule has 0 aromatic heterocycles. The van der Waals surface area contributed by atoms with Crippen LogP contribution in [-0.2, 0) is 0 Å². The molecule has 0 saturated heterocycles. The second-order valence-corrected chi connectivity index (χ2v) is 13.2. The third-order valence-corrected chi connectivity index (χ3v) is 11.2. The summed E-state index contributed by atoms with van der Waals surface area (Å²) in [5.74, 6) is 6.77. The minimum Gasteiger partial charge on any atom is -0.123 e. The zero-order chi connectivity index (χ0) is 20.1. The van der Waals surface area contributed by atoms with Crippen LogP contribution in [0.25, 0.3) is 0 Å². The molecule has 4 rings (SSSR count). The molecular formula is C27H47Cl. The van der Waals surface area contributed by atoms with E-state index in [2.05, 4.69) is 34.6 Å². The van der Waals surface area contributed by atoms with Crippen molar-refractivity contribution in [2.45, 2.75) is 117 Å². The molecule has 0 aromatic carbocycles. The molecule has 9 atom stereocenters. The van der Waals surface area contributed by atoms with Gasteiger partial charge >= 0.3 is 0 Å². The molecule has 4 aliphatic rings. The van der Waals surface area contributed by atoms with Crippen LogP contribution in [-0.4, -0.2) is 5.38 Å². The van der Waals surface area contributed by atoms with Crippen molar-refractivity contribution in [2.75, 3.05) is 0 Å². The largest absolute Gasteiger partial charge is 0.123 e. The van der Waals surface area contributed by atoms with Crippen molar-refractivity contribution in [3.8, 4) is 0 Å². The topological polar surface area (TPSA) is 0 Å². The number of fused-ring (bicyclic) bond motifs is 5.